The van der Waals surface area contributed by atoms with Crippen molar-refractivity contribution in [2.45, 2.75) is 10.8 Å². The Bertz CT molecular complexity index is 3170. The van der Waals surface area contributed by atoms with Crippen molar-refractivity contribution >= 4 is 17.1 Å². The van der Waals surface area contributed by atoms with E-state index >= 15 is 0 Å². The zero-order chi connectivity index (χ0) is 41.8. The van der Waals surface area contributed by atoms with Gasteiger partial charge in [0.15, 0.2) is 0 Å². The van der Waals surface area contributed by atoms with E-state index in [1.165, 1.54) is 77.9 Å². The van der Waals surface area contributed by atoms with Crippen molar-refractivity contribution in [2.24, 2.45) is 0 Å². The minimum Gasteiger partial charge on any atom is -0.310 e. The van der Waals surface area contributed by atoms with Crippen LogP contribution in [0.1, 0.15) is 44.5 Å². The second kappa shape index (κ2) is 14.9. The van der Waals surface area contributed by atoms with Crippen molar-refractivity contribution in [2.75, 3.05) is 4.90 Å². The summed E-state index contributed by atoms with van der Waals surface area (Å²) >= 11 is 0. The summed E-state index contributed by atoms with van der Waals surface area (Å²) in [4.78, 5) is 2.50. The van der Waals surface area contributed by atoms with Gasteiger partial charge in [-0.3, -0.25) is 0 Å². The third-order valence-electron chi connectivity index (χ3n) is 13.6. The molecule has 0 atom stereocenters. The SMILES string of the molecule is c1ccc(-c2ccc(N(c3ccc4c(c3)-c3ccccc3C4(c3ccccc3)c3ccccc3)c3cccc4c3-c3ccccc3C4(c3ccccc3)c3ccccc3)cc2)cc1. The van der Waals surface area contributed by atoms with Gasteiger partial charge in [0, 0.05) is 16.9 Å². The quantitative estimate of drug-likeness (QED) is 0.148. The van der Waals surface area contributed by atoms with Gasteiger partial charge in [0.25, 0.3) is 0 Å². The monoisotopic (exact) mass is 801 g/mol. The fourth-order valence-electron chi connectivity index (χ4n) is 11.1. The van der Waals surface area contributed by atoms with Crippen LogP contribution in [0.4, 0.5) is 17.1 Å². The van der Waals surface area contributed by atoms with Crippen molar-refractivity contribution in [1.82, 2.24) is 0 Å². The molecule has 0 saturated heterocycles. The lowest BCUT2D eigenvalue weighted by Gasteiger charge is -2.35. The van der Waals surface area contributed by atoms with Crippen molar-refractivity contribution in [3.05, 3.63) is 305 Å². The summed E-state index contributed by atoms with van der Waals surface area (Å²) in [6.07, 6.45) is 0. The Labute approximate surface area is 369 Å². The molecule has 1 heteroatoms. The summed E-state index contributed by atoms with van der Waals surface area (Å²) in [5.74, 6) is 0. The number of hydrogen-bond acceptors (Lipinski definition) is 1. The van der Waals surface area contributed by atoms with E-state index in [2.05, 4.69) is 266 Å². The first-order valence-corrected chi connectivity index (χ1v) is 21.9. The first-order chi connectivity index (χ1) is 31.3. The Hall–Kier alpha value is -8.00. The van der Waals surface area contributed by atoms with Crippen LogP contribution in [0.3, 0.4) is 0 Å². The van der Waals surface area contributed by atoms with Crippen molar-refractivity contribution < 1.29 is 0 Å². The molecule has 2 aliphatic carbocycles. The maximum atomic E-state index is 2.50. The molecule has 2 aliphatic rings. The lowest BCUT2D eigenvalue weighted by molar-refractivity contribution is 0.768. The van der Waals surface area contributed by atoms with Gasteiger partial charge < -0.3 is 4.90 Å². The van der Waals surface area contributed by atoms with E-state index in [1.807, 2.05) is 0 Å². The maximum absolute atomic E-state index is 2.50. The lowest BCUT2D eigenvalue weighted by Crippen LogP contribution is -2.28. The normalized spacial score (nSPS) is 13.7. The Balaban J connectivity index is 1.14. The molecule has 10 aromatic carbocycles. The van der Waals surface area contributed by atoms with Crippen LogP contribution in [-0.4, -0.2) is 0 Å². The highest BCUT2D eigenvalue weighted by Crippen LogP contribution is 2.61. The van der Waals surface area contributed by atoms with Gasteiger partial charge in [0.1, 0.15) is 0 Å². The Morgan fingerprint density at radius 1 is 0.254 bits per heavy atom. The van der Waals surface area contributed by atoms with Gasteiger partial charge in [-0.25, -0.2) is 0 Å². The summed E-state index contributed by atoms with van der Waals surface area (Å²) < 4.78 is 0. The van der Waals surface area contributed by atoms with Crippen LogP contribution in [0.2, 0.25) is 0 Å². The van der Waals surface area contributed by atoms with Gasteiger partial charge in [-0.05, 0) is 103 Å². The molecule has 63 heavy (non-hydrogen) atoms. The van der Waals surface area contributed by atoms with Gasteiger partial charge >= 0.3 is 0 Å². The molecule has 0 aliphatic heterocycles. The van der Waals surface area contributed by atoms with E-state index < -0.39 is 10.8 Å². The van der Waals surface area contributed by atoms with E-state index in [9.17, 15) is 0 Å². The molecule has 10 aromatic rings. The fraction of sp³-hybridized carbons (Fsp3) is 0.0323. The van der Waals surface area contributed by atoms with Crippen LogP contribution in [0, 0.1) is 0 Å². The standard InChI is InChI=1S/C62H43N/c1-6-21-44(22-7-1)45-37-39-50(40-38-45)63(51-41-42-57-54(43-51)52-31-16-18-33-55(52)61(57,46-23-8-2-9-24-46)47-25-10-3-11-26-47)59-36-20-35-58-60(59)53-32-17-19-34-56(53)62(58,48-27-12-4-13-28-48)49-29-14-5-15-30-49/h1-43H. The van der Waals surface area contributed by atoms with Crippen molar-refractivity contribution in [3.63, 3.8) is 0 Å². The smallest absolute Gasteiger partial charge is 0.0714 e. The van der Waals surface area contributed by atoms with Gasteiger partial charge in [0.2, 0.25) is 0 Å². The van der Waals surface area contributed by atoms with Gasteiger partial charge in [0.05, 0.1) is 16.5 Å². The lowest BCUT2D eigenvalue weighted by atomic mass is 9.67. The zero-order valence-electron chi connectivity index (χ0n) is 34.8. The van der Waals surface area contributed by atoms with Crippen LogP contribution in [0.25, 0.3) is 33.4 Å². The third kappa shape index (κ3) is 5.50. The summed E-state index contributed by atoms with van der Waals surface area (Å²) in [6.45, 7) is 0. The summed E-state index contributed by atoms with van der Waals surface area (Å²) in [7, 11) is 0. The molecule has 0 aromatic heterocycles. The van der Waals surface area contributed by atoms with Crippen molar-refractivity contribution in [1.29, 1.82) is 0 Å². The molecular formula is C62H43N. The van der Waals surface area contributed by atoms with Crippen molar-refractivity contribution in [3.8, 4) is 33.4 Å². The molecule has 0 amide bonds. The van der Waals surface area contributed by atoms with Crippen LogP contribution in [-0.2, 0) is 10.8 Å². The largest absolute Gasteiger partial charge is 0.310 e. The molecule has 0 radical (unpaired) electrons. The first-order valence-electron chi connectivity index (χ1n) is 21.9. The average Bonchev–Trinajstić information content (AvgIpc) is 3.84. The minimum absolute atomic E-state index is 0.479. The molecule has 12 rings (SSSR count). The first kappa shape index (κ1) is 36.8. The Morgan fingerprint density at radius 2 is 0.651 bits per heavy atom. The third-order valence-corrected chi connectivity index (χ3v) is 13.6. The van der Waals surface area contributed by atoms with E-state index in [0.29, 0.717) is 0 Å². The van der Waals surface area contributed by atoms with Crippen LogP contribution in [0.5, 0.6) is 0 Å². The van der Waals surface area contributed by atoms with Crippen LogP contribution in [0.15, 0.2) is 261 Å². The van der Waals surface area contributed by atoms with E-state index in [1.54, 1.807) is 0 Å². The summed E-state index contributed by atoms with van der Waals surface area (Å²) in [6, 6.07) is 96.4. The molecule has 296 valence electrons. The summed E-state index contributed by atoms with van der Waals surface area (Å²) in [5, 5.41) is 0. The molecule has 0 unspecified atom stereocenters. The summed E-state index contributed by atoms with van der Waals surface area (Å²) in [5.41, 5.74) is 20.0. The van der Waals surface area contributed by atoms with Crippen LogP contribution < -0.4 is 4.90 Å². The number of fused-ring (bicyclic) bond motifs is 6. The number of rotatable bonds is 8. The number of benzene rings is 10. The molecule has 0 spiro atoms. The highest BCUT2D eigenvalue weighted by Gasteiger charge is 2.48. The Morgan fingerprint density at radius 3 is 1.21 bits per heavy atom. The van der Waals surface area contributed by atoms with Gasteiger partial charge in [-0.15, -0.1) is 0 Å². The zero-order valence-corrected chi connectivity index (χ0v) is 34.8. The molecular weight excluding hydrogens is 759 g/mol. The second-order valence-corrected chi connectivity index (χ2v) is 16.7. The van der Waals surface area contributed by atoms with E-state index in [4.69, 9.17) is 0 Å². The minimum atomic E-state index is -0.519. The number of nitrogens with zero attached hydrogens (tertiary/aromatic N) is 1. The topological polar surface area (TPSA) is 3.24 Å². The molecule has 0 bridgehead atoms. The molecule has 1 nitrogen and oxygen atoms in total. The highest BCUT2D eigenvalue weighted by atomic mass is 15.1. The molecule has 0 heterocycles. The molecule has 0 N–H and O–H groups in total. The predicted octanol–water partition coefficient (Wildman–Crippen LogP) is 15.5. The maximum Gasteiger partial charge on any atom is 0.0714 e. The van der Waals surface area contributed by atoms with Gasteiger partial charge in [-0.2, -0.15) is 0 Å². The predicted molar refractivity (Wildman–Crippen MR) is 261 cm³/mol. The highest BCUT2D eigenvalue weighted by molar-refractivity contribution is 5.98. The Kier molecular flexibility index (Phi) is 8.69. The molecule has 0 saturated carbocycles. The van der Waals surface area contributed by atoms with Gasteiger partial charge in [-0.1, -0.05) is 231 Å². The fourth-order valence-corrected chi connectivity index (χ4v) is 11.1. The van der Waals surface area contributed by atoms with Crippen LogP contribution >= 0.6 is 0 Å². The second-order valence-electron chi connectivity index (χ2n) is 16.7. The average molecular weight is 802 g/mol. The number of hydrogen-bond donors (Lipinski definition) is 0. The number of anilines is 3. The molecule has 0 fully saturated rings. The van der Waals surface area contributed by atoms with E-state index in [-0.39, 0.29) is 0 Å². The van der Waals surface area contributed by atoms with E-state index in [0.717, 1.165) is 17.1 Å².